The van der Waals surface area contributed by atoms with Crippen LogP contribution in [0.1, 0.15) is 32.1 Å². The van der Waals surface area contributed by atoms with Gasteiger partial charge in [0.1, 0.15) is 4.11 Å². The number of hydrogen-bond donors (Lipinski definition) is 0. The fourth-order valence-electron chi connectivity index (χ4n) is 2.11. The maximum absolute atomic E-state index is 5.75. The smallest absolute Gasteiger partial charge is 0.109 e. The lowest BCUT2D eigenvalue weighted by Gasteiger charge is -2.22. The van der Waals surface area contributed by atoms with E-state index < -0.39 is 0 Å². The van der Waals surface area contributed by atoms with Crippen LogP contribution in [0.3, 0.4) is 0 Å². The number of alkyl halides is 1. The maximum atomic E-state index is 5.75. The molecule has 0 amide bonds. The van der Waals surface area contributed by atoms with E-state index in [-0.39, 0.29) is 0 Å². The predicted molar refractivity (Wildman–Crippen MR) is 49.3 cm³/mol. The van der Waals surface area contributed by atoms with Crippen molar-refractivity contribution in [3.63, 3.8) is 0 Å². The van der Waals surface area contributed by atoms with Crippen LogP contribution in [0.15, 0.2) is 0 Å². The Balaban J connectivity index is 1.97. The lowest BCUT2D eigenvalue weighted by molar-refractivity contribution is 0.0592. The van der Waals surface area contributed by atoms with Crippen LogP contribution in [0.5, 0.6) is 0 Å². The normalized spacial score (nSPS) is 47.1. The van der Waals surface area contributed by atoms with Crippen molar-refractivity contribution < 1.29 is 4.74 Å². The Labute approximate surface area is 75.7 Å². The molecule has 1 heterocycles. The molecule has 3 unspecified atom stereocenters. The monoisotopic (exact) mass is 252 g/mol. The highest BCUT2D eigenvalue weighted by Gasteiger charge is 2.34. The molecular formula is C8H13IO. The minimum Gasteiger partial charge on any atom is -0.364 e. The van der Waals surface area contributed by atoms with Gasteiger partial charge in [-0.05, 0) is 25.2 Å². The van der Waals surface area contributed by atoms with E-state index in [0.717, 1.165) is 5.92 Å². The average Bonchev–Trinajstić information content (AvgIpc) is 2.27. The molecule has 1 aliphatic carbocycles. The van der Waals surface area contributed by atoms with Crippen LogP contribution >= 0.6 is 22.6 Å². The largest absolute Gasteiger partial charge is 0.364 e. The van der Waals surface area contributed by atoms with Gasteiger partial charge >= 0.3 is 0 Å². The second kappa shape index (κ2) is 2.97. The van der Waals surface area contributed by atoms with Gasteiger partial charge in [-0.25, -0.2) is 0 Å². The van der Waals surface area contributed by atoms with Crippen LogP contribution in [0.2, 0.25) is 0 Å². The second-order valence-electron chi connectivity index (χ2n) is 3.36. The molecule has 0 radical (unpaired) electrons. The zero-order valence-corrected chi connectivity index (χ0v) is 8.21. The molecule has 0 spiro atoms. The molecule has 58 valence electrons. The van der Waals surface area contributed by atoms with Gasteiger partial charge in [-0.2, -0.15) is 0 Å². The lowest BCUT2D eigenvalue weighted by Crippen LogP contribution is -2.19. The summed E-state index contributed by atoms with van der Waals surface area (Å²) < 4.78 is 6.27. The van der Waals surface area contributed by atoms with E-state index in [0.29, 0.717) is 10.2 Å². The Kier molecular flexibility index (Phi) is 2.18. The third-order valence-corrected chi connectivity index (χ3v) is 3.45. The van der Waals surface area contributed by atoms with Gasteiger partial charge in [-0.3, -0.25) is 0 Å². The van der Waals surface area contributed by atoms with Gasteiger partial charge in [0.25, 0.3) is 0 Å². The minimum atomic E-state index is 0.519. The van der Waals surface area contributed by atoms with Gasteiger partial charge in [-0.15, -0.1) is 0 Å². The van der Waals surface area contributed by atoms with E-state index in [2.05, 4.69) is 22.6 Å². The van der Waals surface area contributed by atoms with E-state index in [4.69, 9.17) is 4.74 Å². The predicted octanol–water partition coefficient (Wildman–Crippen LogP) is 2.73. The number of halogens is 1. The summed E-state index contributed by atoms with van der Waals surface area (Å²) in [4.78, 5) is 0. The van der Waals surface area contributed by atoms with Crippen molar-refractivity contribution in [1.29, 1.82) is 0 Å². The SMILES string of the molecule is IC1CC2CCCCC2O1. The topological polar surface area (TPSA) is 9.23 Å². The molecule has 1 aliphatic heterocycles. The lowest BCUT2D eigenvalue weighted by atomic mass is 9.86. The summed E-state index contributed by atoms with van der Waals surface area (Å²) in [7, 11) is 0. The molecule has 10 heavy (non-hydrogen) atoms. The fourth-order valence-corrected chi connectivity index (χ4v) is 3.14. The van der Waals surface area contributed by atoms with Gasteiger partial charge in [0.15, 0.2) is 0 Å². The Hall–Kier alpha value is 0.690. The summed E-state index contributed by atoms with van der Waals surface area (Å²) in [6.45, 7) is 0. The van der Waals surface area contributed by atoms with Gasteiger partial charge in [0.05, 0.1) is 6.10 Å². The molecule has 1 saturated heterocycles. The van der Waals surface area contributed by atoms with Crippen LogP contribution in [0.4, 0.5) is 0 Å². The first-order valence-electron chi connectivity index (χ1n) is 4.16. The highest BCUT2D eigenvalue weighted by Crippen LogP contribution is 2.39. The van der Waals surface area contributed by atoms with Gasteiger partial charge in [0.2, 0.25) is 0 Å². The Morgan fingerprint density at radius 2 is 2.00 bits per heavy atom. The van der Waals surface area contributed by atoms with Crippen LogP contribution in [0.25, 0.3) is 0 Å². The van der Waals surface area contributed by atoms with Gasteiger partial charge in [-0.1, -0.05) is 35.4 Å². The molecule has 3 atom stereocenters. The number of fused-ring (bicyclic) bond motifs is 1. The molecule has 0 aromatic heterocycles. The summed E-state index contributed by atoms with van der Waals surface area (Å²) in [5.74, 6) is 0.913. The van der Waals surface area contributed by atoms with Crippen molar-refractivity contribution in [1.82, 2.24) is 0 Å². The molecule has 2 fully saturated rings. The molecule has 2 aliphatic rings. The van der Waals surface area contributed by atoms with Crippen LogP contribution in [-0.2, 0) is 4.74 Å². The third-order valence-electron chi connectivity index (χ3n) is 2.65. The zero-order valence-electron chi connectivity index (χ0n) is 6.05. The molecule has 0 bridgehead atoms. The van der Waals surface area contributed by atoms with Crippen molar-refractivity contribution in [3.05, 3.63) is 0 Å². The molecule has 1 nitrogen and oxygen atoms in total. The van der Waals surface area contributed by atoms with E-state index in [1.165, 1.54) is 32.1 Å². The molecule has 2 heteroatoms. The standard InChI is InChI=1S/C8H13IO/c9-8-5-6-3-1-2-4-7(6)10-8/h6-8H,1-5H2. The first kappa shape index (κ1) is 7.35. The number of hydrogen-bond acceptors (Lipinski definition) is 1. The minimum absolute atomic E-state index is 0.519. The van der Waals surface area contributed by atoms with Crippen molar-refractivity contribution in [2.45, 2.75) is 42.3 Å². The number of rotatable bonds is 0. The maximum Gasteiger partial charge on any atom is 0.109 e. The molecule has 2 rings (SSSR count). The molecule has 0 aromatic rings. The Morgan fingerprint density at radius 1 is 1.20 bits per heavy atom. The van der Waals surface area contributed by atoms with Crippen LogP contribution in [-0.4, -0.2) is 10.2 Å². The molecule has 1 saturated carbocycles. The Bertz CT molecular complexity index is 112. The third kappa shape index (κ3) is 1.33. The summed E-state index contributed by atoms with van der Waals surface area (Å²) in [6.07, 6.45) is 7.52. The quantitative estimate of drug-likeness (QED) is 0.475. The molecule has 0 N–H and O–H groups in total. The van der Waals surface area contributed by atoms with E-state index >= 15 is 0 Å². The Morgan fingerprint density at radius 3 is 2.80 bits per heavy atom. The van der Waals surface area contributed by atoms with E-state index in [1.807, 2.05) is 0 Å². The van der Waals surface area contributed by atoms with Gasteiger partial charge in [0, 0.05) is 0 Å². The second-order valence-corrected chi connectivity index (χ2v) is 4.75. The van der Waals surface area contributed by atoms with Crippen LogP contribution in [0, 0.1) is 5.92 Å². The fraction of sp³-hybridized carbons (Fsp3) is 1.00. The van der Waals surface area contributed by atoms with E-state index in [9.17, 15) is 0 Å². The zero-order chi connectivity index (χ0) is 6.97. The molecule has 0 aromatic carbocycles. The highest BCUT2D eigenvalue weighted by molar-refractivity contribution is 14.1. The van der Waals surface area contributed by atoms with Crippen molar-refractivity contribution in [2.24, 2.45) is 5.92 Å². The van der Waals surface area contributed by atoms with Crippen molar-refractivity contribution >= 4 is 22.6 Å². The molecular weight excluding hydrogens is 239 g/mol. The van der Waals surface area contributed by atoms with E-state index in [1.54, 1.807) is 0 Å². The highest BCUT2D eigenvalue weighted by atomic mass is 127. The van der Waals surface area contributed by atoms with Crippen molar-refractivity contribution in [2.75, 3.05) is 0 Å². The summed E-state index contributed by atoms with van der Waals surface area (Å²) in [5.41, 5.74) is 0. The number of ether oxygens (including phenoxy) is 1. The average molecular weight is 252 g/mol. The first-order valence-corrected chi connectivity index (χ1v) is 5.40. The van der Waals surface area contributed by atoms with Crippen molar-refractivity contribution in [3.8, 4) is 0 Å². The van der Waals surface area contributed by atoms with Crippen LogP contribution < -0.4 is 0 Å². The summed E-state index contributed by atoms with van der Waals surface area (Å²) in [6, 6.07) is 0. The summed E-state index contributed by atoms with van der Waals surface area (Å²) in [5, 5.41) is 0. The first-order chi connectivity index (χ1) is 4.86. The van der Waals surface area contributed by atoms with Gasteiger partial charge < -0.3 is 4.74 Å². The summed E-state index contributed by atoms with van der Waals surface area (Å²) >= 11 is 2.41.